The number of hydrogen-bond acceptors (Lipinski definition) is 1. The van der Waals surface area contributed by atoms with E-state index in [-0.39, 0.29) is 43.0 Å². The average Bonchev–Trinajstić information content (AvgIpc) is 2.38. The van der Waals surface area contributed by atoms with E-state index >= 15 is 0 Å². The maximum absolute atomic E-state index is 6.78. The van der Waals surface area contributed by atoms with Gasteiger partial charge in [0.2, 0.25) is 0 Å². The van der Waals surface area contributed by atoms with Crippen LogP contribution in [0, 0.1) is 48.4 Å². The number of allylic oxidation sites excluding steroid dienone is 3. The molecule has 0 saturated carbocycles. The molecule has 0 spiro atoms. The van der Waals surface area contributed by atoms with Gasteiger partial charge in [-0.2, -0.15) is 0 Å². The zero-order valence-corrected chi connectivity index (χ0v) is 15.3. The van der Waals surface area contributed by atoms with E-state index in [2.05, 4.69) is 5.32 Å². The average molecular weight is 369 g/mol. The summed E-state index contributed by atoms with van der Waals surface area (Å²) >= 11 is 0. The van der Waals surface area contributed by atoms with E-state index in [9.17, 15) is 0 Å². The third-order valence-electron chi connectivity index (χ3n) is 1.76. The molecule has 0 fully saturated rings. The topological polar surface area (TPSA) is 38.0 Å². The zero-order valence-electron chi connectivity index (χ0n) is 11.7. The van der Waals surface area contributed by atoms with Crippen LogP contribution in [0.3, 0.4) is 0 Å². The fourth-order valence-electron chi connectivity index (χ4n) is 1.02. The summed E-state index contributed by atoms with van der Waals surface area (Å²) in [7, 11) is 1.78. The predicted octanol–water partition coefficient (Wildman–Crippen LogP) is 5.02. The van der Waals surface area contributed by atoms with Crippen molar-refractivity contribution in [1.29, 1.82) is 5.41 Å². The molecule has 1 aromatic carbocycles. The quantitative estimate of drug-likeness (QED) is 0.440. The summed E-state index contributed by atoms with van der Waals surface area (Å²) in [5.41, 5.74) is 2.12. The molecule has 1 N–H and O–H groups in total. The van der Waals surface area contributed by atoms with Gasteiger partial charge in [0.25, 0.3) is 0 Å². The van der Waals surface area contributed by atoms with Crippen molar-refractivity contribution >= 4 is 18.0 Å². The fraction of sp³-hybridized carbons (Fsp3) is 0.200. The van der Waals surface area contributed by atoms with Gasteiger partial charge in [-0.25, -0.2) is 0 Å². The van der Waals surface area contributed by atoms with Crippen molar-refractivity contribution in [3.63, 3.8) is 0 Å². The van der Waals surface area contributed by atoms with Crippen molar-refractivity contribution in [2.24, 2.45) is 0 Å². The molecule has 0 saturated heterocycles. The zero-order chi connectivity index (χ0) is 12.2. The minimum atomic E-state index is 0. The standard InChI is InChI=1S/C12H13N2.C2H6.CH3.La/c1-14-12-8-6-11(7-9-12)5-3-2-4-10-13;1-2;;/h2-10,13H,1H3;1-2H3;1H3;/q-1;;-1;. The Bertz CT molecular complexity index is 340. The molecular weight excluding hydrogens is 347 g/mol. The second-order valence-corrected chi connectivity index (χ2v) is 2.73. The second-order valence-electron chi connectivity index (χ2n) is 2.73. The second kappa shape index (κ2) is 16.4. The number of hydrogen-bond donors (Lipinski definition) is 1. The molecule has 97 valence electrons. The van der Waals surface area contributed by atoms with Crippen LogP contribution >= 0.6 is 0 Å². The third kappa shape index (κ3) is 10.5. The Labute approximate surface area is 140 Å². The van der Waals surface area contributed by atoms with Crippen LogP contribution in [0.5, 0.6) is 0 Å². The van der Waals surface area contributed by atoms with E-state index in [1.807, 2.05) is 56.3 Å². The molecule has 0 amide bonds. The monoisotopic (exact) mass is 369 g/mol. The summed E-state index contributed by atoms with van der Waals surface area (Å²) in [4.78, 5) is 0. The normalized spacial score (nSPS) is 8.83. The summed E-state index contributed by atoms with van der Waals surface area (Å²) < 4.78 is 0. The van der Waals surface area contributed by atoms with E-state index in [0.717, 1.165) is 11.3 Å². The van der Waals surface area contributed by atoms with E-state index < -0.39 is 0 Å². The Morgan fingerprint density at radius 3 is 2.00 bits per heavy atom. The van der Waals surface area contributed by atoms with Crippen molar-refractivity contribution in [3.05, 3.63) is 60.8 Å². The van der Waals surface area contributed by atoms with Gasteiger partial charge in [-0.15, -0.1) is 12.7 Å². The van der Waals surface area contributed by atoms with Crippen molar-refractivity contribution in [2.75, 3.05) is 7.05 Å². The van der Waals surface area contributed by atoms with E-state index in [0.29, 0.717) is 0 Å². The van der Waals surface area contributed by atoms with E-state index in [1.54, 1.807) is 13.1 Å². The molecule has 1 radical (unpaired) electrons. The smallest absolute Gasteiger partial charge is 0.0177 e. The van der Waals surface area contributed by atoms with Gasteiger partial charge in [0.05, 0.1) is 0 Å². The van der Waals surface area contributed by atoms with Crippen LogP contribution in [0.25, 0.3) is 11.4 Å². The first kappa shape index (κ1) is 22.5. The molecule has 0 unspecified atom stereocenters. The van der Waals surface area contributed by atoms with Crippen LogP contribution in [0.1, 0.15) is 19.4 Å². The Kier molecular flexibility index (Phi) is 20.5. The van der Waals surface area contributed by atoms with Gasteiger partial charge in [-0.1, -0.05) is 56.3 Å². The van der Waals surface area contributed by atoms with Crippen LogP contribution in [0.2, 0.25) is 0 Å². The van der Waals surface area contributed by atoms with E-state index in [1.165, 1.54) is 6.21 Å². The fourth-order valence-corrected chi connectivity index (χ4v) is 1.02. The molecule has 3 heteroatoms. The van der Waals surface area contributed by atoms with Gasteiger partial charge in [-0.05, 0) is 11.6 Å². The van der Waals surface area contributed by atoms with Gasteiger partial charge < -0.3 is 18.2 Å². The van der Waals surface area contributed by atoms with Crippen LogP contribution < -0.4 is 0 Å². The molecule has 0 aliphatic heterocycles. The van der Waals surface area contributed by atoms with Gasteiger partial charge in [0.1, 0.15) is 0 Å². The van der Waals surface area contributed by atoms with Crippen molar-refractivity contribution < 1.29 is 35.6 Å². The number of rotatable bonds is 4. The predicted molar refractivity (Wildman–Crippen MR) is 80.1 cm³/mol. The SMILES string of the molecule is CC.C[N-]c1ccc(C=CC=CC=N)cc1.[CH3-].[La]. The minimum Gasteiger partial charge on any atom is -0.687 e. The number of nitrogens with one attached hydrogen (secondary N) is 1. The van der Waals surface area contributed by atoms with Crippen LogP contribution in [0.15, 0.2) is 42.5 Å². The first-order valence-corrected chi connectivity index (χ1v) is 5.40. The molecule has 0 aromatic heterocycles. The molecule has 2 nitrogen and oxygen atoms in total. The molecule has 0 aliphatic carbocycles. The summed E-state index contributed by atoms with van der Waals surface area (Å²) in [6.07, 6.45) is 8.64. The van der Waals surface area contributed by atoms with Crippen LogP contribution in [-0.4, -0.2) is 13.3 Å². The Hall–Kier alpha value is -0.635. The van der Waals surface area contributed by atoms with E-state index in [4.69, 9.17) is 5.41 Å². The first-order valence-electron chi connectivity index (χ1n) is 5.40. The number of nitrogens with zero attached hydrogens (tertiary/aromatic N) is 1. The molecule has 0 aliphatic rings. The molecule has 18 heavy (non-hydrogen) atoms. The summed E-state index contributed by atoms with van der Waals surface area (Å²) in [5.74, 6) is 0. The Balaban J connectivity index is -0.000000534. The third-order valence-corrected chi connectivity index (χ3v) is 1.76. The van der Waals surface area contributed by atoms with Crippen LogP contribution in [0.4, 0.5) is 5.69 Å². The summed E-state index contributed by atoms with van der Waals surface area (Å²) in [5, 5.41) is 10.8. The molecule has 0 heterocycles. The summed E-state index contributed by atoms with van der Waals surface area (Å²) in [6.45, 7) is 4.00. The van der Waals surface area contributed by atoms with Gasteiger partial charge in [0.15, 0.2) is 0 Å². The molecular formula is C15H22LaN2-2. The van der Waals surface area contributed by atoms with Crippen LogP contribution in [-0.2, 0) is 0 Å². The Morgan fingerprint density at radius 2 is 1.56 bits per heavy atom. The molecule has 0 bridgehead atoms. The maximum Gasteiger partial charge on any atom is 0.0177 e. The maximum atomic E-state index is 6.78. The van der Waals surface area contributed by atoms with Gasteiger partial charge >= 0.3 is 0 Å². The molecule has 1 rings (SSSR count). The van der Waals surface area contributed by atoms with Gasteiger partial charge in [0, 0.05) is 41.8 Å². The van der Waals surface area contributed by atoms with Crippen molar-refractivity contribution in [2.45, 2.75) is 13.8 Å². The minimum absolute atomic E-state index is 0. The molecule has 0 atom stereocenters. The number of benzene rings is 1. The van der Waals surface area contributed by atoms with Crippen molar-refractivity contribution in [1.82, 2.24) is 0 Å². The molecule has 1 aromatic rings. The van der Waals surface area contributed by atoms with Crippen molar-refractivity contribution in [3.8, 4) is 0 Å². The van der Waals surface area contributed by atoms with Gasteiger partial charge in [-0.3, -0.25) is 0 Å². The first-order chi connectivity index (χ1) is 7.86. The Morgan fingerprint density at radius 1 is 1.00 bits per heavy atom. The largest absolute Gasteiger partial charge is 0.687 e. The summed E-state index contributed by atoms with van der Waals surface area (Å²) in [6, 6.07) is 7.97.